The van der Waals surface area contributed by atoms with Gasteiger partial charge >= 0.3 is 0 Å². The summed E-state index contributed by atoms with van der Waals surface area (Å²) in [5.74, 6) is 0.439. The topological polar surface area (TPSA) is 86.4 Å². The van der Waals surface area contributed by atoms with Crippen molar-refractivity contribution in [2.45, 2.75) is 6.92 Å². The third kappa shape index (κ3) is 4.15. The van der Waals surface area contributed by atoms with E-state index in [9.17, 15) is 9.59 Å². The number of amides is 1. The van der Waals surface area contributed by atoms with Gasteiger partial charge in [0.2, 0.25) is 5.43 Å². The summed E-state index contributed by atoms with van der Waals surface area (Å²) in [4.78, 5) is 26.0. The summed E-state index contributed by atoms with van der Waals surface area (Å²) in [5.41, 5.74) is 1.56. The summed E-state index contributed by atoms with van der Waals surface area (Å²) >= 11 is 3.42. The van der Waals surface area contributed by atoms with E-state index in [-0.39, 0.29) is 22.7 Å². The van der Waals surface area contributed by atoms with Crippen molar-refractivity contribution in [3.05, 3.63) is 93.1 Å². The molecular weight excluding hydrogens is 462 g/mol. The second-order valence-corrected chi connectivity index (χ2v) is 7.61. The summed E-state index contributed by atoms with van der Waals surface area (Å²) in [6.07, 6.45) is 1.41. The number of nitrogens with one attached hydrogen (secondary N) is 1. The standard InChI is InChI=1S/C23H18BrN3O4/c1-14-21(28)20(15-5-3-6-18(13-15)30-2)22(25-23(29)19-7-4-12-31-19)27(26-14)17-10-8-16(24)9-11-17/h3-13H,1-2H3,(H,25,29). The van der Waals surface area contributed by atoms with Crippen LogP contribution < -0.4 is 15.5 Å². The number of anilines is 1. The lowest BCUT2D eigenvalue weighted by molar-refractivity contribution is 0.0996. The number of halogens is 1. The number of ether oxygens (including phenoxy) is 1. The van der Waals surface area contributed by atoms with Gasteiger partial charge in [0, 0.05) is 4.47 Å². The minimum Gasteiger partial charge on any atom is -0.497 e. The maximum absolute atomic E-state index is 13.2. The molecule has 0 atom stereocenters. The molecule has 4 aromatic rings. The Morgan fingerprint density at radius 3 is 2.58 bits per heavy atom. The monoisotopic (exact) mass is 479 g/mol. The molecule has 0 aliphatic carbocycles. The Bertz CT molecular complexity index is 1300. The summed E-state index contributed by atoms with van der Waals surface area (Å²) in [6, 6.07) is 17.6. The smallest absolute Gasteiger partial charge is 0.292 e. The van der Waals surface area contributed by atoms with E-state index in [1.807, 2.05) is 24.3 Å². The quantitative estimate of drug-likeness (QED) is 0.443. The summed E-state index contributed by atoms with van der Waals surface area (Å²) in [6.45, 7) is 1.64. The number of furan rings is 1. The molecule has 156 valence electrons. The second kappa shape index (κ2) is 8.61. The number of nitrogens with zero attached hydrogens (tertiary/aromatic N) is 2. The zero-order valence-corrected chi connectivity index (χ0v) is 18.3. The maximum atomic E-state index is 13.2. The van der Waals surface area contributed by atoms with Crippen molar-refractivity contribution >= 4 is 27.7 Å². The maximum Gasteiger partial charge on any atom is 0.292 e. The van der Waals surface area contributed by atoms with E-state index >= 15 is 0 Å². The van der Waals surface area contributed by atoms with Gasteiger partial charge in [-0.2, -0.15) is 5.10 Å². The highest BCUT2D eigenvalue weighted by Gasteiger charge is 2.22. The van der Waals surface area contributed by atoms with Gasteiger partial charge in [0.05, 0.1) is 24.6 Å². The zero-order valence-electron chi connectivity index (χ0n) is 16.8. The molecule has 0 unspecified atom stereocenters. The predicted molar refractivity (Wildman–Crippen MR) is 121 cm³/mol. The fourth-order valence-electron chi connectivity index (χ4n) is 3.15. The molecule has 1 N–H and O–H groups in total. The highest BCUT2D eigenvalue weighted by molar-refractivity contribution is 9.10. The van der Waals surface area contributed by atoms with Crippen LogP contribution in [0.15, 0.2) is 80.6 Å². The van der Waals surface area contributed by atoms with Crippen LogP contribution >= 0.6 is 15.9 Å². The van der Waals surface area contributed by atoms with Crippen molar-refractivity contribution in [2.24, 2.45) is 0 Å². The van der Waals surface area contributed by atoms with Crippen LogP contribution in [0.2, 0.25) is 0 Å². The lowest BCUT2D eigenvalue weighted by Crippen LogP contribution is -2.24. The van der Waals surface area contributed by atoms with Crippen molar-refractivity contribution in [1.29, 1.82) is 0 Å². The summed E-state index contributed by atoms with van der Waals surface area (Å²) < 4.78 is 13.0. The van der Waals surface area contributed by atoms with Crippen LogP contribution in [0.5, 0.6) is 5.75 Å². The number of aromatic nitrogens is 2. The number of carbonyl (C=O) groups is 1. The molecule has 2 aromatic carbocycles. The molecule has 2 heterocycles. The van der Waals surface area contributed by atoms with Crippen molar-refractivity contribution in [3.63, 3.8) is 0 Å². The Morgan fingerprint density at radius 2 is 1.90 bits per heavy atom. The first-order valence-electron chi connectivity index (χ1n) is 9.37. The first kappa shape index (κ1) is 20.6. The van der Waals surface area contributed by atoms with Crippen LogP contribution in [0.4, 0.5) is 5.82 Å². The van der Waals surface area contributed by atoms with E-state index < -0.39 is 5.91 Å². The molecule has 7 nitrogen and oxygen atoms in total. The fraction of sp³-hybridized carbons (Fsp3) is 0.0870. The van der Waals surface area contributed by atoms with Gasteiger partial charge in [-0.15, -0.1) is 0 Å². The molecule has 0 aliphatic heterocycles. The van der Waals surface area contributed by atoms with Crippen LogP contribution in [0, 0.1) is 6.92 Å². The molecule has 0 saturated carbocycles. The Balaban J connectivity index is 1.98. The Kier molecular flexibility index (Phi) is 5.73. The Labute approximate surface area is 186 Å². The van der Waals surface area contributed by atoms with Crippen molar-refractivity contribution < 1.29 is 13.9 Å². The van der Waals surface area contributed by atoms with Gasteiger partial charge in [0.15, 0.2) is 5.76 Å². The third-order valence-corrected chi connectivity index (χ3v) is 5.19. The number of methoxy groups -OCH3 is 1. The van der Waals surface area contributed by atoms with E-state index in [1.165, 1.54) is 6.26 Å². The van der Waals surface area contributed by atoms with E-state index in [1.54, 1.807) is 55.1 Å². The van der Waals surface area contributed by atoms with Gasteiger partial charge in [-0.1, -0.05) is 28.1 Å². The van der Waals surface area contributed by atoms with Crippen LogP contribution in [0.25, 0.3) is 16.8 Å². The number of rotatable bonds is 5. The van der Waals surface area contributed by atoms with Crippen molar-refractivity contribution in [3.8, 4) is 22.6 Å². The minimum absolute atomic E-state index is 0.118. The van der Waals surface area contributed by atoms with Gasteiger partial charge in [0.1, 0.15) is 17.3 Å². The number of carbonyl (C=O) groups excluding carboxylic acids is 1. The lowest BCUT2D eigenvalue weighted by Gasteiger charge is -2.18. The number of hydrogen-bond acceptors (Lipinski definition) is 5. The Morgan fingerprint density at radius 1 is 1.13 bits per heavy atom. The predicted octanol–water partition coefficient (Wildman–Crippen LogP) is 4.82. The van der Waals surface area contributed by atoms with Gasteiger partial charge < -0.3 is 14.5 Å². The molecule has 0 saturated heterocycles. The van der Waals surface area contributed by atoms with Gasteiger partial charge in [-0.25, -0.2) is 4.68 Å². The van der Waals surface area contributed by atoms with E-state index in [2.05, 4.69) is 26.3 Å². The van der Waals surface area contributed by atoms with E-state index in [4.69, 9.17) is 9.15 Å². The molecule has 31 heavy (non-hydrogen) atoms. The average molecular weight is 480 g/mol. The first-order chi connectivity index (χ1) is 15.0. The molecule has 2 aromatic heterocycles. The normalized spacial score (nSPS) is 10.7. The molecular formula is C23H18BrN3O4. The van der Waals surface area contributed by atoms with Crippen molar-refractivity contribution in [1.82, 2.24) is 9.78 Å². The summed E-state index contributed by atoms with van der Waals surface area (Å²) in [5, 5.41) is 7.26. The number of aryl methyl sites for hydroxylation is 1. The average Bonchev–Trinajstić information content (AvgIpc) is 3.32. The Hall–Kier alpha value is -3.65. The molecule has 1 amide bonds. The third-order valence-electron chi connectivity index (χ3n) is 4.66. The van der Waals surface area contributed by atoms with E-state index in [0.717, 1.165) is 4.47 Å². The second-order valence-electron chi connectivity index (χ2n) is 6.69. The molecule has 0 bridgehead atoms. The summed E-state index contributed by atoms with van der Waals surface area (Å²) in [7, 11) is 1.55. The fourth-order valence-corrected chi connectivity index (χ4v) is 3.41. The molecule has 8 heteroatoms. The number of hydrogen-bond donors (Lipinski definition) is 1. The van der Waals surface area contributed by atoms with Gasteiger partial charge in [-0.05, 0) is 61.0 Å². The lowest BCUT2D eigenvalue weighted by atomic mass is 10.0. The first-order valence-corrected chi connectivity index (χ1v) is 10.2. The van der Waals surface area contributed by atoms with Crippen molar-refractivity contribution in [2.75, 3.05) is 12.4 Å². The zero-order chi connectivity index (χ0) is 22.0. The SMILES string of the molecule is COc1cccc(-c2c(NC(=O)c3ccco3)n(-c3ccc(Br)cc3)nc(C)c2=O)c1. The van der Waals surface area contributed by atoms with Gasteiger partial charge in [-0.3, -0.25) is 9.59 Å². The van der Waals surface area contributed by atoms with Crippen LogP contribution in [-0.4, -0.2) is 22.8 Å². The molecule has 0 fully saturated rings. The highest BCUT2D eigenvalue weighted by Crippen LogP contribution is 2.30. The molecule has 4 rings (SSSR count). The van der Waals surface area contributed by atoms with Crippen LogP contribution in [-0.2, 0) is 0 Å². The largest absolute Gasteiger partial charge is 0.497 e. The minimum atomic E-state index is -0.495. The van der Waals surface area contributed by atoms with Gasteiger partial charge in [0.25, 0.3) is 5.91 Å². The highest BCUT2D eigenvalue weighted by atomic mass is 79.9. The molecule has 0 spiro atoms. The molecule has 0 radical (unpaired) electrons. The number of benzene rings is 2. The van der Waals surface area contributed by atoms with Crippen LogP contribution in [0.1, 0.15) is 16.2 Å². The van der Waals surface area contributed by atoms with E-state index in [0.29, 0.717) is 22.6 Å². The molecule has 0 aliphatic rings. The van der Waals surface area contributed by atoms with Crippen LogP contribution in [0.3, 0.4) is 0 Å².